The maximum atomic E-state index is 11.9. The van der Waals surface area contributed by atoms with E-state index in [0.717, 1.165) is 0 Å². The maximum Gasteiger partial charge on any atom is 0.307 e. The molecule has 0 aliphatic carbocycles. The lowest BCUT2D eigenvalue weighted by Crippen LogP contribution is -2.39. The Hall–Kier alpha value is -0.660. The van der Waals surface area contributed by atoms with Crippen molar-refractivity contribution in [3.8, 4) is 0 Å². The number of nitrogens with one attached hydrogen (secondary N) is 1. The van der Waals surface area contributed by atoms with Crippen molar-refractivity contribution < 1.29 is 23.1 Å². The molecule has 1 fully saturated rings. The summed E-state index contributed by atoms with van der Waals surface area (Å²) in [6.45, 7) is 4.41. The molecule has 0 aromatic carbocycles. The van der Waals surface area contributed by atoms with Gasteiger partial charge in [-0.25, -0.2) is 13.1 Å². The van der Waals surface area contributed by atoms with Crippen molar-refractivity contribution in [1.29, 1.82) is 0 Å². The highest BCUT2D eigenvalue weighted by Gasteiger charge is 2.30. The van der Waals surface area contributed by atoms with E-state index in [2.05, 4.69) is 4.72 Å². The van der Waals surface area contributed by atoms with Gasteiger partial charge in [0.1, 0.15) is 5.25 Å². The Morgan fingerprint density at radius 2 is 2.17 bits per heavy atom. The highest BCUT2D eigenvalue weighted by Crippen LogP contribution is 2.15. The molecule has 2 unspecified atom stereocenters. The molecule has 0 saturated carbocycles. The minimum atomic E-state index is -3.46. The standard InChI is InChI=1S/C11H21NO5S/c1-8(2)5-9(11(13)14)6-12-18(15,16)10-3-4-17-7-10/h8-10,12H,3-7H2,1-2H3,(H,13,14). The van der Waals surface area contributed by atoms with E-state index in [1.165, 1.54) is 0 Å². The predicted molar refractivity (Wildman–Crippen MR) is 66.7 cm³/mol. The average molecular weight is 279 g/mol. The first-order valence-corrected chi connectivity index (χ1v) is 7.66. The molecule has 6 nitrogen and oxygen atoms in total. The summed E-state index contributed by atoms with van der Waals surface area (Å²) in [5.74, 6) is -1.43. The Morgan fingerprint density at radius 3 is 2.61 bits per heavy atom. The Labute approximate surface area is 108 Å². The van der Waals surface area contributed by atoms with E-state index in [1.54, 1.807) is 0 Å². The van der Waals surface area contributed by atoms with Crippen LogP contribution in [0.3, 0.4) is 0 Å². The molecule has 0 spiro atoms. The van der Waals surface area contributed by atoms with E-state index >= 15 is 0 Å². The van der Waals surface area contributed by atoms with E-state index in [-0.39, 0.29) is 19.1 Å². The SMILES string of the molecule is CC(C)CC(CNS(=O)(=O)C1CCOC1)C(=O)O. The van der Waals surface area contributed by atoms with E-state index in [1.807, 2.05) is 13.8 Å². The lowest BCUT2D eigenvalue weighted by atomic mass is 9.98. The fourth-order valence-electron chi connectivity index (χ4n) is 1.93. The Bertz CT molecular complexity index is 373. The average Bonchev–Trinajstić information content (AvgIpc) is 2.77. The molecule has 0 radical (unpaired) electrons. The molecule has 1 aliphatic heterocycles. The quantitative estimate of drug-likeness (QED) is 0.705. The number of sulfonamides is 1. The number of ether oxygens (including phenoxy) is 1. The van der Waals surface area contributed by atoms with Crippen molar-refractivity contribution in [2.24, 2.45) is 11.8 Å². The van der Waals surface area contributed by atoms with Gasteiger partial charge in [-0.15, -0.1) is 0 Å². The maximum absolute atomic E-state index is 11.9. The Morgan fingerprint density at radius 1 is 1.50 bits per heavy atom. The molecule has 18 heavy (non-hydrogen) atoms. The molecule has 2 N–H and O–H groups in total. The monoisotopic (exact) mass is 279 g/mol. The van der Waals surface area contributed by atoms with Crippen molar-refractivity contribution in [3.05, 3.63) is 0 Å². The number of carboxylic acid groups (broad SMARTS) is 1. The van der Waals surface area contributed by atoms with Gasteiger partial charge in [0.2, 0.25) is 10.0 Å². The largest absolute Gasteiger partial charge is 0.481 e. The molecule has 1 rings (SSSR count). The number of aliphatic carboxylic acids is 1. The van der Waals surface area contributed by atoms with Crippen LogP contribution in [-0.4, -0.2) is 44.5 Å². The van der Waals surface area contributed by atoms with Gasteiger partial charge in [-0.3, -0.25) is 4.79 Å². The minimum absolute atomic E-state index is 0.0493. The summed E-state index contributed by atoms with van der Waals surface area (Å²) in [5, 5.41) is 8.47. The molecule has 1 saturated heterocycles. The summed E-state index contributed by atoms with van der Waals surface area (Å²) in [7, 11) is -3.46. The van der Waals surface area contributed by atoms with E-state index in [0.29, 0.717) is 19.4 Å². The van der Waals surface area contributed by atoms with Gasteiger partial charge >= 0.3 is 5.97 Å². The molecular weight excluding hydrogens is 258 g/mol. The molecule has 1 aliphatic rings. The smallest absolute Gasteiger partial charge is 0.307 e. The first kappa shape index (κ1) is 15.4. The molecule has 106 valence electrons. The molecule has 0 bridgehead atoms. The van der Waals surface area contributed by atoms with Gasteiger partial charge in [0.25, 0.3) is 0 Å². The van der Waals surface area contributed by atoms with E-state index in [9.17, 15) is 13.2 Å². The topological polar surface area (TPSA) is 92.7 Å². The fourth-order valence-corrected chi connectivity index (χ4v) is 3.28. The Kier molecular flexibility index (Phi) is 5.55. The zero-order chi connectivity index (χ0) is 13.8. The molecule has 0 aromatic heterocycles. The van der Waals surface area contributed by atoms with Crippen LogP contribution in [0, 0.1) is 11.8 Å². The number of hydrogen-bond acceptors (Lipinski definition) is 4. The third-order valence-electron chi connectivity index (χ3n) is 2.96. The van der Waals surface area contributed by atoms with Crippen LogP contribution in [-0.2, 0) is 19.6 Å². The summed E-state index contributed by atoms with van der Waals surface area (Å²) < 4.78 is 31.1. The molecule has 2 atom stereocenters. The van der Waals surface area contributed by atoms with Gasteiger partial charge in [-0.2, -0.15) is 0 Å². The molecule has 0 aromatic rings. The van der Waals surface area contributed by atoms with E-state index < -0.39 is 27.2 Å². The summed E-state index contributed by atoms with van der Waals surface area (Å²) in [6, 6.07) is 0. The van der Waals surface area contributed by atoms with Crippen LogP contribution in [0.2, 0.25) is 0 Å². The third kappa shape index (κ3) is 4.55. The molecule has 1 heterocycles. The summed E-state index contributed by atoms with van der Waals surface area (Å²) in [6.07, 6.45) is 0.927. The first-order valence-electron chi connectivity index (χ1n) is 6.12. The van der Waals surface area contributed by atoms with Crippen LogP contribution in [0.4, 0.5) is 0 Å². The van der Waals surface area contributed by atoms with Crippen molar-refractivity contribution in [2.45, 2.75) is 31.9 Å². The number of carbonyl (C=O) groups is 1. The lowest BCUT2D eigenvalue weighted by Gasteiger charge is -2.17. The summed E-state index contributed by atoms with van der Waals surface area (Å²) >= 11 is 0. The van der Waals surface area contributed by atoms with Crippen molar-refractivity contribution >= 4 is 16.0 Å². The molecule has 7 heteroatoms. The highest BCUT2D eigenvalue weighted by atomic mass is 32.2. The highest BCUT2D eigenvalue weighted by molar-refractivity contribution is 7.90. The normalized spacial score (nSPS) is 22.3. The van der Waals surface area contributed by atoms with Crippen LogP contribution in [0.5, 0.6) is 0 Å². The summed E-state index contributed by atoms with van der Waals surface area (Å²) in [4.78, 5) is 11.0. The Balaban J connectivity index is 2.53. The fraction of sp³-hybridized carbons (Fsp3) is 0.909. The number of rotatable bonds is 7. The zero-order valence-corrected chi connectivity index (χ0v) is 11.6. The van der Waals surface area contributed by atoms with Crippen molar-refractivity contribution in [1.82, 2.24) is 4.72 Å². The van der Waals surface area contributed by atoms with Crippen molar-refractivity contribution in [2.75, 3.05) is 19.8 Å². The van der Waals surface area contributed by atoms with Gasteiger partial charge in [0, 0.05) is 13.2 Å². The molecule has 0 amide bonds. The first-order chi connectivity index (χ1) is 8.33. The van der Waals surface area contributed by atoms with Gasteiger partial charge in [-0.05, 0) is 18.8 Å². The predicted octanol–water partition coefficient (Wildman–Crippen LogP) is 0.442. The van der Waals surface area contributed by atoms with Crippen LogP contribution < -0.4 is 4.72 Å². The van der Waals surface area contributed by atoms with Crippen molar-refractivity contribution in [3.63, 3.8) is 0 Å². The second kappa shape index (κ2) is 6.49. The van der Waals surface area contributed by atoms with Crippen LogP contribution in [0.25, 0.3) is 0 Å². The van der Waals surface area contributed by atoms with Gasteiger partial charge in [0.15, 0.2) is 0 Å². The second-order valence-electron chi connectivity index (χ2n) is 5.04. The van der Waals surface area contributed by atoms with Crippen LogP contribution in [0.1, 0.15) is 26.7 Å². The zero-order valence-electron chi connectivity index (χ0n) is 10.8. The van der Waals surface area contributed by atoms with Crippen LogP contribution >= 0.6 is 0 Å². The molecular formula is C11H21NO5S. The number of carboxylic acids is 1. The van der Waals surface area contributed by atoms with Gasteiger partial charge in [-0.1, -0.05) is 13.8 Å². The number of hydrogen-bond donors (Lipinski definition) is 2. The minimum Gasteiger partial charge on any atom is -0.481 e. The van der Waals surface area contributed by atoms with Gasteiger partial charge in [0.05, 0.1) is 12.5 Å². The summed E-state index contributed by atoms with van der Waals surface area (Å²) in [5.41, 5.74) is 0. The second-order valence-corrected chi connectivity index (χ2v) is 7.09. The van der Waals surface area contributed by atoms with Gasteiger partial charge < -0.3 is 9.84 Å². The van der Waals surface area contributed by atoms with E-state index in [4.69, 9.17) is 9.84 Å². The third-order valence-corrected chi connectivity index (χ3v) is 4.78. The lowest BCUT2D eigenvalue weighted by molar-refractivity contribution is -0.142. The van der Waals surface area contributed by atoms with Crippen LogP contribution in [0.15, 0.2) is 0 Å².